The van der Waals surface area contributed by atoms with Crippen molar-refractivity contribution in [1.29, 1.82) is 0 Å². The third-order valence-corrected chi connectivity index (χ3v) is 4.55. The molecule has 0 saturated carbocycles. The second-order valence-corrected chi connectivity index (χ2v) is 7.50. The fourth-order valence-electron chi connectivity index (χ4n) is 2.52. The van der Waals surface area contributed by atoms with Gasteiger partial charge < -0.3 is 10.1 Å². The summed E-state index contributed by atoms with van der Waals surface area (Å²) in [6.45, 7) is 10.6. The number of aromatic nitrogens is 1. The molecule has 6 heteroatoms. The van der Waals surface area contributed by atoms with Gasteiger partial charge in [-0.1, -0.05) is 0 Å². The molecule has 1 aliphatic heterocycles. The minimum atomic E-state index is -0.439. The zero-order valence-corrected chi connectivity index (χ0v) is 14.1. The highest BCUT2D eigenvalue weighted by Gasteiger charge is 2.28. The number of carbonyl (C=O) groups excluding carboxylic acids is 1. The molecular weight excluding hydrogens is 286 g/mol. The van der Waals surface area contributed by atoms with Crippen molar-refractivity contribution in [1.82, 2.24) is 15.2 Å². The van der Waals surface area contributed by atoms with Gasteiger partial charge in [-0.2, -0.15) is 0 Å². The zero-order valence-electron chi connectivity index (χ0n) is 13.3. The van der Waals surface area contributed by atoms with Crippen LogP contribution >= 0.6 is 11.3 Å². The smallest absolute Gasteiger partial charge is 0.407 e. The predicted molar refractivity (Wildman–Crippen MR) is 84.4 cm³/mol. The number of rotatable bonds is 4. The van der Waals surface area contributed by atoms with Crippen LogP contribution in [0, 0.1) is 5.92 Å². The van der Waals surface area contributed by atoms with Crippen LogP contribution in [0.4, 0.5) is 4.79 Å². The minimum absolute atomic E-state index is 0.325. The first-order valence-corrected chi connectivity index (χ1v) is 8.33. The number of hydrogen-bond acceptors (Lipinski definition) is 5. The van der Waals surface area contributed by atoms with Crippen LogP contribution in [0.25, 0.3) is 0 Å². The molecule has 21 heavy (non-hydrogen) atoms. The second-order valence-electron chi connectivity index (χ2n) is 6.58. The van der Waals surface area contributed by atoms with E-state index >= 15 is 0 Å². The molecule has 1 aromatic heterocycles. The lowest BCUT2D eigenvalue weighted by atomic mass is 10.1. The Kier molecular flexibility index (Phi) is 5.22. The van der Waals surface area contributed by atoms with Crippen molar-refractivity contribution >= 4 is 17.4 Å². The summed E-state index contributed by atoms with van der Waals surface area (Å²) in [6.07, 6.45) is 2.63. The van der Waals surface area contributed by atoms with Gasteiger partial charge in [0.1, 0.15) is 10.6 Å². The van der Waals surface area contributed by atoms with Crippen LogP contribution in [0.1, 0.15) is 45.2 Å². The number of alkyl carbamates (subject to hydrolysis) is 1. The van der Waals surface area contributed by atoms with Crippen LogP contribution in [0.15, 0.2) is 11.6 Å². The topological polar surface area (TPSA) is 54.5 Å². The maximum Gasteiger partial charge on any atom is 0.407 e. The standard InChI is InChI=1S/C15H25N3O2S/c1-11(13-16-6-8-21-13)18-7-5-12(10-18)9-17-14(19)20-15(2,3)4/h6,8,11-12H,5,7,9-10H2,1-4H3,(H,17,19)/t11-,12+/m0/s1. The molecule has 2 rings (SSSR count). The molecule has 1 saturated heterocycles. The van der Waals surface area contributed by atoms with E-state index in [0.29, 0.717) is 18.5 Å². The summed E-state index contributed by atoms with van der Waals surface area (Å²) in [5.74, 6) is 0.486. The Morgan fingerprint density at radius 2 is 2.38 bits per heavy atom. The van der Waals surface area contributed by atoms with Crippen molar-refractivity contribution in [3.63, 3.8) is 0 Å². The van der Waals surface area contributed by atoms with Crippen LogP contribution in [-0.2, 0) is 4.74 Å². The first-order valence-electron chi connectivity index (χ1n) is 7.45. The Morgan fingerprint density at radius 3 is 3.00 bits per heavy atom. The summed E-state index contributed by atoms with van der Waals surface area (Å²) in [4.78, 5) is 18.5. The molecule has 5 nitrogen and oxygen atoms in total. The van der Waals surface area contributed by atoms with Crippen LogP contribution in [0.3, 0.4) is 0 Å². The second kappa shape index (κ2) is 6.75. The number of likely N-dealkylation sites (tertiary alicyclic amines) is 1. The number of ether oxygens (including phenoxy) is 1. The van der Waals surface area contributed by atoms with Gasteiger partial charge in [-0.25, -0.2) is 9.78 Å². The van der Waals surface area contributed by atoms with Gasteiger partial charge in [0.25, 0.3) is 0 Å². The van der Waals surface area contributed by atoms with E-state index in [4.69, 9.17) is 4.74 Å². The van der Waals surface area contributed by atoms with E-state index in [0.717, 1.165) is 24.5 Å². The van der Waals surface area contributed by atoms with E-state index in [-0.39, 0.29) is 6.09 Å². The van der Waals surface area contributed by atoms with Crippen molar-refractivity contribution in [2.75, 3.05) is 19.6 Å². The van der Waals surface area contributed by atoms with Gasteiger partial charge in [0, 0.05) is 24.7 Å². The average molecular weight is 311 g/mol. The van der Waals surface area contributed by atoms with Crippen LogP contribution in [-0.4, -0.2) is 41.2 Å². The van der Waals surface area contributed by atoms with Gasteiger partial charge >= 0.3 is 6.09 Å². The number of thiazole rings is 1. The van der Waals surface area contributed by atoms with Gasteiger partial charge in [0.2, 0.25) is 0 Å². The number of amides is 1. The Balaban J connectivity index is 1.74. The van der Waals surface area contributed by atoms with E-state index < -0.39 is 5.60 Å². The summed E-state index contributed by atoms with van der Waals surface area (Å²) >= 11 is 1.70. The van der Waals surface area contributed by atoms with E-state index in [9.17, 15) is 4.79 Å². The third kappa shape index (κ3) is 4.97. The average Bonchev–Trinajstić information content (AvgIpc) is 3.05. The molecule has 0 radical (unpaired) electrons. The quantitative estimate of drug-likeness (QED) is 0.928. The highest BCUT2D eigenvalue weighted by molar-refractivity contribution is 7.09. The summed E-state index contributed by atoms with van der Waals surface area (Å²) in [5, 5.41) is 6.05. The molecule has 0 aromatic carbocycles. The van der Waals surface area contributed by atoms with Crippen molar-refractivity contribution in [3.05, 3.63) is 16.6 Å². The third-order valence-electron chi connectivity index (χ3n) is 3.61. The van der Waals surface area contributed by atoms with Crippen LogP contribution in [0.2, 0.25) is 0 Å². The molecule has 1 N–H and O–H groups in total. The van der Waals surface area contributed by atoms with Gasteiger partial charge in [-0.15, -0.1) is 11.3 Å². The van der Waals surface area contributed by atoms with E-state index in [1.54, 1.807) is 11.3 Å². The Bertz CT molecular complexity index is 456. The molecular formula is C15H25N3O2S. The summed E-state index contributed by atoms with van der Waals surface area (Å²) in [6, 6.07) is 0.358. The molecule has 0 spiro atoms. The van der Waals surface area contributed by atoms with E-state index in [2.05, 4.69) is 22.1 Å². The van der Waals surface area contributed by atoms with Crippen LogP contribution < -0.4 is 5.32 Å². The molecule has 2 heterocycles. The Morgan fingerprint density at radius 1 is 1.62 bits per heavy atom. The van der Waals surface area contributed by atoms with Crippen molar-refractivity contribution in [2.45, 2.75) is 45.8 Å². The lowest BCUT2D eigenvalue weighted by Crippen LogP contribution is -2.36. The van der Waals surface area contributed by atoms with Gasteiger partial charge in [0.15, 0.2) is 0 Å². The van der Waals surface area contributed by atoms with Crippen molar-refractivity contribution < 1.29 is 9.53 Å². The van der Waals surface area contributed by atoms with Crippen molar-refractivity contribution in [2.24, 2.45) is 5.92 Å². The zero-order chi connectivity index (χ0) is 15.5. The highest BCUT2D eigenvalue weighted by atomic mass is 32.1. The molecule has 0 unspecified atom stereocenters. The number of nitrogens with zero attached hydrogens (tertiary/aromatic N) is 2. The van der Waals surface area contributed by atoms with Gasteiger partial charge in [0.05, 0.1) is 6.04 Å². The van der Waals surface area contributed by atoms with E-state index in [1.165, 1.54) is 0 Å². The molecule has 0 bridgehead atoms. The molecule has 0 aliphatic carbocycles. The fourth-order valence-corrected chi connectivity index (χ4v) is 3.25. The molecule has 1 aliphatic rings. The van der Waals surface area contributed by atoms with Crippen molar-refractivity contribution in [3.8, 4) is 0 Å². The SMILES string of the molecule is C[C@@H](c1nccs1)N1CC[C@H](CNC(=O)OC(C)(C)C)C1. The minimum Gasteiger partial charge on any atom is -0.444 e. The summed E-state index contributed by atoms with van der Waals surface area (Å²) in [5.41, 5.74) is -0.439. The first kappa shape index (κ1) is 16.2. The molecule has 1 aromatic rings. The van der Waals surface area contributed by atoms with Crippen LogP contribution in [0.5, 0.6) is 0 Å². The fraction of sp³-hybridized carbons (Fsp3) is 0.733. The molecule has 1 amide bonds. The Hall–Kier alpha value is -1.14. The number of hydrogen-bond donors (Lipinski definition) is 1. The van der Waals surface area contributed by atoms with Gasteiger partial charge in [-0.05, 0) is 46.6 Å². The largest absolute Gasteiger partial charge is 0.444 e. The molecule has 1 fully saturated rings. The normalized spacial score (nSPS) is 21.2. The lowest BCUT2D eigenvalue weighted by Gasteiger charge is -2.23. The van der Waals surface area contributed by atoms with E-state index in [1.807, 2.05) is 32.3 Å². The lowest BCUT2D eigenvalue weighted by molar-refractivity contribution is 0.0519. The number of nitrogens with one attached hydrogen (secondary N) is 1. The monoisotopic (exact) mass is 311 g/mol. The summed E-state index contributed by atoms with van der Waals surface area (Å²) < 4.78 is 5.26. The summed E-state index contributed by atoms with van der Waals surface area (Å²) in [7, 11) is 0. The van der Waals surface area contributed by atoms with Gasteiger partial charge in [-0.3, -0.25) is 4.90 Å². The maximum absolute atomic E-state index is 11.7. The number of carbonyl (C=O) groups is 1. The maximum atomic E-state index is 11.7. The predicted octanol–water partition coefficient (Wildman–Crippen LogP) is 3.05. The Labute approximate surface area is 130 Å². The molecule has 118 valence electrons. The highest BCUT2D eigenvalue weighted by Crippen LogP contribution is 2.28. The first-order chi connectivity index (χ1) is 9.85. The molecule has 2 atom stereocenters.